The fourth-order valence-corrected chi connectivity index (χ4v) is 9.68. The average molecular weight is 576 g/mol. The van der Waals surface area contributed by atoms with Gasteiger partial charge in [-0.15, -0.1) is 45.3 Å². The largest absolute Gasteiger partial charge is 0.417 e. The predicted octanol–water partition coefficient (Wildman–Crippen LogP) is 9.75. The molecular weight excluding hydrogens is 541 g/mol. The molecule has 0 N–H and O–H groups in total. The van der Waals surface area contributed by atoms with Crippen LogP contribution in [0.15, 0.2) is 36.4 Å². The van der Waals surface area contributed by atoms with Crippen molar-refractivity contribution in [3.8, 4) is 29.3 Å². The second-order valence-electron chi connectivity index (χ2n) is 9.97. The van der Waals surface area contributed by atoms with E-state index in [1.807, 2.05) is 45.3 Å². The molecular formula is C27H35O2S4Si2. The van der Waals surface area contributed by atoms with Gasteiger partial charge in [0, 0.05) is 52.2 Å². The maximum absolute atomic E-state index is 6.14. The predicted molar refractivity (Wildman–Crippen MR) is 164 cm³/mol. The van der Waals surface area contributed by atoms with Crippen LogP contribution in [0.1, 0.15) is 20.9 Å². The van der Waals surface area contributed by atoms with Crippen LogP contribution in [0.25, 0.3) is 29.3 Å². The van der Waals surface area contributed by atoms with Gasteiger partial charge in [0.15, 0.2) is 8.32 Å². The lowest BCUT2D eigenvalue weighted by Gasteiger charge is -2.16. The third-order valence-corrected chi connectivity index (χ3v) is 12.2. The highest BCUT2D eigenvalue weighted by Gasteiger charge is 2.18. The number of rotatable bonds is 11. The van der Waals surface area contributed by atoms with E-state index in [0.29, 0.717) is 0 Å². The standard InChI is InChI=1S/C27H35O2S4Si2/c1-18-16-20(12-14-28-34(3)4)26(30-18)24-10-8-22(32-24)23-9-11-25(33-23)27-21(17-19(2)31-27)13-15-29-35(5,6)7/h8-11,16-17H,12-15H2,1-7H3. The highest BCUT2D eigenvalue weighted by atomic mass is 32.1. The zero-order valence-corrected chi connectivity index (χ0v) is 27.0. The van der Waals surface area contributed by atoms with E-state index in [0.717, 1.165) is 26.1 Å². The molecule has 0 aliphatic heterocycles. The zero-order chi connectivity index (χ0) is 25.2. The van der Waals surface area contributed by atoms with Gasteiger partial charge in [-0.25, -0.2) is 0 Å². The molecule has 1 radical (unpaired) electrons. The van der Waals surface area contributed by atoms with Crippen LogP contribution in [0, 0.1) is 13.8 Å². The Kier molecular flexibility index (Phi) is 9.08. The van der Waals surface area contributed by atoms with Gasteiger partial charge in [0.05, 0.1) is 0 Å². The van der Waals surface area contributed by atoms with Crippen molar-refractivity contribution in [3.63, 3.8) is 0 Å². The average Bonchev–Trinajstić information content (AvgIpc) is 3.53. The molecule has 4 aromatic heterocycles. The summed E-state index contributed by atoms with van der Waals surface area (Å²) in [5.41, 5.74) is 2.85. The fourth-order valence-electron chi connectivity index (χ4n) is 3.94. The number of hydrogen-bond acceptors (Lipinski definition) is 6. The summed E-state index contributed by atoms with van der Waals surface area (Å²) in [5.74, 6) is 0. The Labute approximate surface area is 229 Å². The van der Waals surface area contributed by atoms with Crippen molar-refractivity contribution < 1.29 is 8.85 Å². The van der Waals surface area contributed by atoms with E-state index in [1.165, 1.54) is 50.1 Å². The molecule has 0 atom stereocenters. The molecule has 4 rings (SSSR count). The molecule has 0 aliphatic rings. The summed E-state index contributed by atoms with van der Waals surface area (Å²) >= 11 is 7.65. The molecule has 0 spiro atoms. The van der Waals surface area contributed by atoms with Crippen molar-refractivity contribution in [3.05, 3.63) is 57.3 Å². The van der Waals surface area contributed by atoms with E-state index in [2.05, 4.69) is 83.0 Å². The molecule has 4 heterocycles. The highest BCUT2D eigenvalue weighted by Crippen LogP contribution is 2.45. The number of aryl methyl sites for hydroxylation is 2. The smallest absolute Gasteiger partial charge is 0.204 e. The molecule has 0 saturated heterocycles. The highest BCUT2D eigenvalue weighted by molar-refractivity contribution is 7.28. The van der Waals surface area contributed by atoms with Crippen molar-refractivity contribution in [2.45, 2.75) is 59.4 Å². The van der Waals surface area contributed by atoms with E-state index in [4.69, 9.17) is 8.85 Å². The van der Waals surface area contributed by atoms with Crippen molar-refractivity contribution >= 4 is 62.7 Å². The summed E-state index contributed by atoms with van der Waals surface area (Å²) in [5, 5.41) is 0. The Bertz CT molecular complexity index is 1260. The normalized spacial score (nSPS) is 12.2. The van der Waals surface area contributed by atoms with Gasteiger partial charge in [-0.1, -0.05) is 0 Å². The van der Waals surface area contributed by atoms with Crippen molar-refractivity contribution in [2.75, 3.05) is 13.2 Å². The molecule has 0 amide bonds. The number of hydrogen-bond donors (Lipinski definition) is 0. The third kappa shape index (κ3) is 7.35. The summed E-state index contributed by atoms with van der Waals surface area (Å²) in [4.78, 5) is 11.0. The Morgan fingerprint density at radius 2 is 1.14 bits per heavy atom. The van der Waals surface area contributed by atoms with Gasteiger partial charge in [0.2, 0.25) is 9.04 Å². The molecule has 35 heavy (non-hydrogen) atoms. The van der Waals surface area contributed by atoms with E-state index in [-0.39, 0.29) is 0 Å². The Hall–Kier alpha value is -0.846. The van der Waals surface area contributed by atoms with Crippen LogP contribution in [0.5, 0.6) is 0 Å². The first-order valence-corrected chi connectivity index (χ1v) is 21.1. The third-order valence-electron chi connectivity index (χ3n) is 5.44. The molecule has 0 fully saturated rings. The molecule has 187 valence electrons. The second kappa shape index (κ2) is 11.7. The maximum Gasteiger partial charge on any atom is 0.204 e. The van der Waals surface area contributed by atoms with Gasteiger partial charge in [-0.2, -0.15) is 0 Å². The minimum absolute atomic E-state index is 0.637. The maximum atomic E-state index is 6.14. The van der Waals surface area contributed by atoms with Gasteiger partial charge in [0.1, 0.15) is 0 Å². The molecule has 0 unspecified atom stereocenters. The van der Waals surface area contributed by atoms with Crippen molar-refractivity contribution in [1.82, 2.24) is 0 Å². The Balaban J connectivity index is 1.52. The molecule has 8 heteroatoms. The Morgan fingerprint density at radius 3 is 1.60 bits per heavy atom. The SMILES string of the molecule is Cc1cc(CCO[Si](C)C)c(-c2ccc(-c3ccc(-c4sc(C)cc4CCO[Si](C)(C)C)s3)s2)s1. The summed E-state index contributed by atoms with van der Waals surface area (Å²) in [6, 6.07) is 13.9. The van der Waals surface area contributed by atoms with E-state index < -0.39 is 17.4 Å². The van der Waals surface area contributed by atoms with Crippen LogP contribution < -0.4 is 0 Å². The lowest BCUT2D eigenvalue weighted by Crippen LogP contribution is -2.26. The summed E-state index contributed by atoms with van der Waals surface area (Å²) in [6.45, 7) is 17.2. The van der Waals surface area contributed by atoms with E-state index in [1.54, 1.807) is 0 Å². The second-order valence-corrected chi connectivity index (χ2v) is 21.3. The van der Waals surface area contributed by atoms with Crippen LogP contribution in [0.4, 0.5) is 0 Å². The summed E-state index contributed by atoms with van der Waals surface area (Å²) in [6.07, 6.45) is 1.98. The minimum Gasteiger partial charge on any atom is -0.417 e. The summed E-state index contributed by atoms with van der Waals surface area (Å²) < 4.78 is 12.1. The monoisotopic (exact) mass is 575 g/mol. The molecule has 0 aliphatic carbocycles. The van der Waals surface area contributed by atoms with Gasteiger partial charge in [0.25, 0.3) is 0 Å². The van der Waals surface area contributed by atoms with Crippen molar-refractivity contribution in [2.24, 2.45) is 0 Å². The van der Waals surface area contributed by atoms with E-state index in [9.17, 15) is 0 Å². The summed E-state index contributed by atoms with van der Waals surface area (Å²) in [7, 11) is -2.12. The fraction of sp³-hybridized carbons (Fsp3) is 0.407. The minimum atomic E-state index is -1.48. The van der Waals surface area contributed by atoms with Crippen LogP contribution >= 0.6 is 45.3 Å². The lowest BCUT2D eigenvalue weighted by atomic mass is 10.1. The van der Waals surface area contributed by atoms with Gasteiger partial charge in [-0.3, -0.25) is 0 Å². The first-order chi connectivity index (χ1) is 16.6. The quantitative estimate of drug-likeness (QED) is 0.166. The van der Waals surface area contributed by atoms with Crippen LogP contribution in [-0.4, -0.2) is 30.6 Å². The lowest BCUT2D eigenvalue weighted by molar-refractivity contribution is 0.316. The molecule has 0 aromatic carbocycles. The Morgan fingerprint density at radius 1 is 0.686 bits per heavy atom. The zero-order valence-electron chi connectivity index (χ0n) is 21.7. The molecule has 4 aromatic rings. The van der Waals surface area contributed by atoms with Gasteiger partial charge >= 0.3 is 0 Å². The van der Waals surface area contributed by atoms with Crippen molar-refractivity contribution in [1.29, 1.82) is 0 Å². The molecule has 0 saturated carbocycles. The van der Waals surface area contributed by atoms with Gasteiger partial charge < -0.3 is 8.85 Å². The van der Waals surface area contributed by atoms with Crippen LogP contribution in [-0.2, 0) is 21.7 Å². The van der Waals surface area contributed by atoms with Crippen LogP contribution in [0.2, 0.25) is 32.7 Å². The van der Waals surface area contributed by atoms with Gasteiger partial charge in [-0.05, 0) is 107 Å². The first kappa shape index (κ1) is 27.2. The first-order valence-electron chi connectivity index (χ1n) is 12.1. The molecule has 2 nitrogen and oxygen atoms in total. The molecule has 0 bridgehead atoms. The number of thiophene rings is 4. The van der Waals surface area contributed by atoms with Crippen LogP contribution in [0.3, 0.4) is 0 Å². The topological polar surface area (TPSA) is 18.5 Å². The van der Waals surface area contributed by atoms with E-state index >= 15 is 0 Å².